The summed E-state index contributed by atoms with van der Waals surface area (Å²) in [5.41, 5.74) is 0.876. The van der Waals surface area contributed by atoms with Crippen LogP contribution in [-0.4, -0.2) is 55.1 Å². The molecule has 1 saturated heterocycles. The molecule has 0 aliphatic carbocycles. The minimum absolute atomic E-state index is 0.0845. The standard InChI is InChI=1S/C18H25N3O6/c1-4-27-18(23)13-6-5-7-20(10-13)11-17(22)19-14-9-16(26-3)15(21(24)25)8-12(14)2/h8-9,13H,4-7,10-11H2,1-3H3,(H,19,22)/t13-/m1/s1. The lowest BCUT2D eigenvalue weighted by Crippen LogP contribution is -2.43. The predicted molar refractivity (Wildman–Crippen MR) is 98.8 cm³/mol. The number of esters is 1. The molecule has 9 heteroatoms. The van der Waals surface area contributed by atoms with Gasteiger partial charge in [-0.15, -0.1) is 0 Å². The van der Waals surface area contributed by atoms with E-state index in [1.165, 1.54) is 19.2 Å². The van der Waals surface area contributed by atoms with E-state index in [2.05, 4.69) is 5.32 Å². The monoisotopic (exact) mass is 379 g/mol. The number of carbonyl (C=O) groups is 2. The number of nitrogens with zero attached hydrogens (tertiary/aromatic N) is 2. The molecule has 0 aromatic heterocycles. The van der Waals surface area contributed by atoms with Gasteiger partial charge in [-0.05, 0) is 38.8 Å². The van der Waals surface area contributed by atoms with Crippen molar-refractivity contribution in [3.05, 3.63) is 27.8 Å². The van der Waals surface area contributed by atoms with E-state index in [-0.39, 0.29) is 35.8 Å². The molecule has 1 N–H and O–H groups in total. The van der Waals surface area contributed by atoms with Gasteiger partial charge >= 0.3 is 11.7 Å². The second kappa shape index (κ2) is 9.31. The summed E-state index contributed by atoms with van der Waals surface area (Å²) in [6.45, 7) is 5.14. The summed E-state index contributed by atoms with van der Waals surface area (Å²) in [6, 6.07) is 2.81. The van der Waals surface area contributed by atoms with Crippen molar-refractivity contribution in [2.45, 2.75) is 26.7 Å². The van der Waals surface area contributed by atoms with Gasteiger partial charge in [0.1, 0.15) is 0 Å². The van der Waals surface area contributed by atoms with Gasteiger partial charge in [0.25, 0.3) is 0 Å². The number of carbonyl (C=O) groups excluding carboxylic acids is 2. The number of nitrogens with one attached hydrogen (secondary N) is 1. The van der Waals surface area contributed by atoms with Crippen LogP contribution in [0.4, 0.5) is 11.4 Å². The van der Waals surface area contributed by atoms with Gasteiger partial charge in [0.05, 0.1) is 31.1 Å². The predicted octanol–water partition coefficient (Wildman–Crippen LogP) is 2.13. The fraction of sp³-hybridized carbons (Fsp3) is 0.556. The number of amides is 1. The van der Waals surface area contributed by atoms with Crippen molar-refractivity contribution in [1.29, 1.82) is 0 Å². The average Bonchev–Trinajstić information content (AvgIpc) is 2.63. The van der Waals surface area contributed by atoms with E-state index in [4.69, 9.17) is 9.47 Å². The second-order valence-electron chi connectivity index (χ2n) is 6.47. The van der Waals surface area contributed by atoms with Crippen LogP contribution in [0.5, 0.6) is 5.75 Å². The molecule has 27 heavy (non-hydrogen) atoms. The van der Waals surface area contributed by atoms with Gasteiger partial charge < -0.3 is 14.8 Å². The molecule has 0 spiro atoms. The van der Waals surface area contributed by atoms with Gasteiger partial charge in [-0.2, -0.15) is 0 Å². The van der Waals surface area contributed by atoms with Crippen molar-refractivity contribution in [1.82, 2.24) is 4.90 Å². The number of rotatable bonds is 7. The maximum atomic E-state index is 12.4. The van der Waals surface area contributed by atoms with Crippen LogP contribution in [0.2, 0.25) is 0 Å². The number of hydrogen-bond donors (Lipinski definition) is 1. The number of nitro groups is 1. The zero-order valence-electron chi connectivity index (χ0n) is 15.8. The largest absolute Gasteiger partial charge is 0.490 e. The summed E-state index contributed by atoms with van der Waals surface area (Å²) in [7, 11) is 1.34. The van der Waals surface area contributed by atoms with E-state index >= 15 is 0 Å². The Labute approximate surface area is 157 Å². The maximum absolute atomic E-state index is 12.4. The van der Waals surface area contributed by atoms with Crippen LogP contribution < -0.4 is 10.1 Å². The fourth-order valence-electron chi connectivity index (χ4n) is 3.16. The van der Waals surface area contributed by atoms with E-state index in [0.717, 1.165) is 19.4 Å². The van der Waals surface area contributed by atoms with Crippen LogP contribution >= 0.6 is 0 Å². The molecule has 0 bridgehead atoms. The number of hydrogen-bond acceptors (Lipinski definition) is 7. The minimum Gasteiger partial charge on any atom is -0.490 e. The van der Waals surface area contributed by atoms with Crippen LogP contribution in [-0.2, 0) is 14.3 Å². The topological polar surface area (TPSA) is 111 Å². The quantitative estimate of drug-likeness (QED) is 0.439. The number of piperidine rings is 1. The summed E-state index contributed by atoms with van der Waals surface area (Å²) < 4.78 is 10.1. The molecule has 1 amide bonds. The maximum Gasteiger partial charge on any atom is 0.311 e. The molecule has 1 fully saturated rings. The lowest BCUT2D eigenvalue weighted by Gasteiger charge is -2.30. The Morgan fingerprint density at radius 2 is 2.15 bits per heavy atom. The van der Waals surface area contributed by atoms with Crippen molar-refractivity contribution in [2.75, 3.05) is 38.7 Å². The van der Waals surface area contributed by atoms with Crippen molar-refractivity contribution in [3.63, 3.8) is 0 Å². The number of benzene rings is 1. The van der Waals surface area contributed by atoms with Crippen molar-refractivity contribution in [2.24, 2.45) is 5.92 Å². The third-order valence-electron chi connectivity index (χ3n) is 4.49. The molecule has 1 aliphatic rings. The Hall–Kier alpha value is -2.68. The lowest BCUT2D eigenvalue weighted by atomic mass is 9.98. The summed E-state index contributed by atoms with van der Waals surface area (Å²) in [5, 5.41) is 13.8. The molecule has 1 atom stereocenters. The summed E-state index contributed by atoms with van der Waals surface area (Å²) in [4.78, 5) is 36.8. The Balaban J connectivity index is 2.01. The van der Waals surface area contributed by atoms with Crippen LogP contribution in [0.15, 0.2) is 12.1 Å². The summed E-state index contributed by atoms with van der Waals surface area (Å²) in [6.07, 6.45) is 1.58. The zero-order chi connectivity index (χ0) is 20.0. The van der Waals surface area contributed by atoms with Gasteiger partial charge in [-0.25, -0.2) is 0 Å². The third kappa shape index (κ3) is 5.40. The number of ether oxygens (including phenoxy) is 2. The smallest absolute Gasteiger partial charge is 0.311 e. The number of aryl methyl sites for hydroxylation is 1. The van der Waals surface area contributed by atoms with Gasteiger partial charge in [0.2, 0.25) is 5.91 Å². The second-order valence-corrected chi connectivity index (χ2v) is 6.47. The highest BCUT2D eigenvalue weighted by molar-refractivity contribution is 5.93. The first-order valence-electron chi connectivity index (χ1n) is 8.87. The van der Waals surface area contributed by atoms with Crippen molar-refractivity contribution < 1.29 is 24.0 Å². The molecule has 0 unspecified atom stereocenters. The highest BCUT2D eigenvalue weighted by Gasteiger charge is 2.28. The van der Waals surface area contributed by atoms with Gasteiger partial charge in [-0.3, -0.25) is 24.6 Å². The van der Waals surface area contributed by atoms with E-state index in [1.54, 1.807) is 13.8 Å². The van der Waals surface area contributed by atoms with Gasteiger partial charge in [0, 0.05) is 24.4 Å². The fourth-order valence-corrected chi connectivity index (χ4v) is 3.16. The first kappa shape index (κ1) is 20.6. The Bertz CT molecular complexity index is 721. The molecule has 0 saturated carbocycles. The number of nitro benzene ring substituents is 1. The van der Waals surface area contributed by atoms with E-state index in [9.17, 15) is 19.7 Å². The normalized spacial score (nSPS) is 17.2. The zero-order valence-corrected chi connectivity index (χ0v) is 15.8. The number of methoxy groups -OCH3 is 1. The average molecular weight is 379 g/mol. The van der Waals surface area contributed by atoms with Gasteiger partial charge in [-0.1, -0.05) is 0 Å². The molecule has 148 valence electrons. The summed E-state index contributed by atoms with van der Waals surface area (Å²) in [5.74, 6) is -0.606. The molecular weight excluding hydrogens is 354 g/mol. The van der Waals surface area contributed by atoms with Crippen molar-refractivity contribution >= 4 is 23.3 Å². The Morgan fingerprint density at radius 3 is 2.78 bits per heavy atom. The first-order valence-corrected chi connectivity index (χ1v) is 8.87. The molecule has 1 heterocycles. The highest BCUT2D eigenvalue weighted by Crippen LogP contribution is 2.32. The van der Waals surface area contributed by atoms with E-state index in [1.807, 2.05) is 4.90 Å². The molecule has 9 nitrogen and oxygen atoms in total. The Kier molecular flexibility index (Phi) is 7.12. The molecule has 1 aromatic carbocycles. The van der Waals surface area contributed by atoms with Gasteiger partial charge in [0.15, 0.2) is 5.75 Å². The Morgan fingerprint density at radius 1 is 1.41 bits per heavy atom. The van der Waals surface area contributed by atoms with Crippen LogP contribution in [0.25, 0.3) is 0 Å². The van der Waals surface area contributed by atoms with E-state index < -0.39 is 4.92 Å². The highest BCUT2D eigenvalue weighted by atomic mass is 16.6. The van der Waals surface area contributed by atoms with E-state index in [0.29, 0.717) is 24.4 Å². The molecule has 1 aliphatic heterocycles. The molecule has 2 rings (SSSR count). The van der Waals surface area contributed by atoms with Crippen LogP contribution in [0.1, 0.15) is 25.3 Å². The SMILES string of the molecule is CCOC(=O)[C@@H]1CCCN(CC(=O)Nc2cc(OC)c([N+](=O)[O-])cc2C)C1. The number of anilines is 1. The van der Waals surface area contributed by atoms with Crippen LogP contribution in [0.3, 0.4) is 0 Å². The summed E-state index contributed by atoms with van der Waals surface area (Å²) >= 11 is 0. The van der Waals surface area contributed by atoms with Crippen molar-refractivity contribution in [3.8, 4) is 5.75 Å². The third-order valence-corrected chi connectivity index (χ3v) is 4.49. The number of likely N-dealkylation sites (tertiary alicyclic amines) is 1. The molecular formula is C18H25N3O6. The van der Waals surface area contributed by atoms with Crippen LogP contribution in [0, 0.1) is 23.0 Å². The first-order chi connectivity index (χ1) is 12.8. The molecule has 1 aromatic rings. The molecule has 0 radical (unpaired) electrons. The minimum atomic E-state index is -0.527. The lowest BCUT2D eigenvalue weighted by molar-refractivity contribution is -0.385.